The van der Waals surface area contributed by atoms with E-state index in [0.29, 0.717) is 26.2 Å². The van der Waals surface area contributed by atoms with Crippen molar-refractivity contribution < 1.29 is 22.7 Å². The van der Waals surface area contributed by atoms with E-state index in [2.05, 4.69) is 0 Å². The number of likely N-dealkylation sites (tertiary alicyclic amines) is 1. The highest BCUT2D eigenvalue weighted by Crippen LogP contribution is 2.22. The topological polar surface area (TPSA) is 87.2 Å². The molecule has 2 aliphatic rings. The van der Waals surface area contributed by atoms with E-state index < -0.39 is 10.0 Å². The molecule has 9 heteroatoms. The Kier molecular flexibility index (Phi) is 7.49. The molecule has 0 saturated carbocycles. The number of hydrogen-bond donors (Lipinski definition) is 0. The lowest BCUT2D eigenvalue weighted by Gasteiger charge is -2.39. The van der Waals surface area contributed by atoms with Crippen molar-refractivity contribution in [2.24, 2.45) is 5.92 Å². The van der Waals surface area contributed by atoms with Crippen LogP contribution in [0, 0.1) is 5.92 Å². The first-order valence-corrected chi connectivity index (χ1v) is 12.0. The van der Waals surface area contributed by atoms with Gasteiger partial charge >= 0.3 is 5.97 Å². The Morgan fingerprint density at radius 3 is 2.40 bits per heavy atom. The second-order valence-corrected chi connectivity index (χ2v) is 9.74. The summed E-state index contributed by atoms with van der Waals surface area (Å²) >= 11 is 0. The minimum absolute atomic E-state index is 0.0173. The summed E-state index contributed by atoms with van der Waals surface area (Å²) in [5, 5.41) is 0. The number of benzene rings is 1. The minimum Gasteiger partial charge on any atom is -0.466 e. The fourth-order valence-electron chi connectivity index (χ4n) is 4.12. The maximum Gasteiger partial charge on any atom is 0.310 e. The van der Waals surface area contributed by atoms with E-state index in [1.165, 1.54) is 4.31 Å². The molecule has 0 unspecified atom stereocenters. The predicted molar refractivity (Wildman–Crippen MR) is 112 cm³/mol. The van der Waals surface area contributed by atoms with Crippen LogP contribution in [0.4, 0.5) is 0 Å². The number of hydrogen-bond acceptors (Lipinski definition) is 6. The lowest BCUT2D eigenvalue weighted by molar-refractivity contribution is -0.152. The quantitative estimate of drug-likeness (QED) is 0.621. The van der Waals surface area contributed by atoms with Crippen molar-refractivity contribution in [2.75, 3.05) is 45.9 Å². The fourth-order valence-corrected chi connectivity index (χ4v) is 5.56. The maximum absolute atomic E-state index is 13.0. The van der Waals surface area contributed by atoms with Crippen molar-refractivity contribution in [1.29, 1.82) is 0 Å². The molecule has 0 spiro atoms. The van der Waals surface area contributed by atoms with Gasteiger partial charge in [0, 0.05) is 32.7 Å². The first-order chi connectivity index (χ1) is 14.3. The van der Waals surface area contributed by atoms with Crippen molar-refractivity contribution in [3.05, 3.63) is 30.3 Å². The van der Waals surface area contributed by atoms with Crippen molar-refractivity contribution in [2.45, 2.75) is 37.6 Å². The average molecular weight is 438 g/mol. The molecule has 8 nitrogen and oxygen atoms in total. The highest BCUT2D eigenvalue weighted by molar-refractivity contribution is 7.89. The molecule has 1 aromatic rings. The van der Waals surface area contributed by atoms with Crippen LogP contribution < -0.4 is 0 Å². The Morgan fingerprint density at radius 2 is 1.77 bits per heavy atom. The van der Waals surface area contributed by atoms with Gasteiger partial charge in [0.1, 0.15) is 0 Å². The Labute approximate surface area is 178 Å². The van der Waals surface area contributed by atoms with Crippen molar-refractivity contribution >= 4 is 21.9 Å². The molecule has 0 aromatic heterocycles. The molecule has 0 aliphatic carbocycles. The molecule has 2 aliphatic heterocycles. The monoisotopic (exact) mass is 437 g/mol. The zero-order chi connectivity index (χ0) is 21.7. The van der Waals surface area contributed by atoms with Crippen LogP contribution >= 0.6 is 0 Å². The molecule has 2 heterocycles. The maximum atomic E-state index is 13.0. The molecule has 0 N–H and O–H groups in total. The highest BCUT2D eigenvalue weighted by Gasteiger charge is 2.35. The minimum atomic E-state index is -3.54. The van der Waals surface area contributed by atoms with Gasteiger partial charge in [-0.3, -0.25) is 14.5 Å². The number of piperazine rings is 1. The molecule has 0 radical (unpaired) electrons. The number of carbonyl (C=O) groups excluding carboxylic acids is 2. The largest absolute Gasteiger partial charge is 0.466 e. The SMILES string of the molecule is CCOC(=O)[C@H]1CCCN([C@@H](C)C(=O)N2CCN(S(=O)(=O)c3ccccc3)CC2)C1. The van der Waals surface area contributed by atoms with E-state index in [1.807, 2.05) is 11.8 Å². The van der Waals surface area contributed by atoms with Gasteiger partial charge in [0.15, 0.2) is 0 Å². The van der Waals surface area contributed by atoms with Gasteiger partial charge in [-0.15, -0.1) is 0 Å². The molecule has 2 fully saturated rings. The number of rotatable bonds is 6. The number of nitrogens with zero attached hydrogens (tertiary/aromatic N) is 3. The van der Waals surface area contributed by atoms with Crippen LogP contribution in [0.5, 0.6) is 0 Å². The number of esters is 1. The molecule has 1 aromatic carbocycles. The van der Waals surface area contributed by atoms with Crippen LogP contribution in [-0.4, -0.2) is 86.3 Å². The van der Waals surface area contributed by atoms with Gasteiger partial charge < -0.3 is 9.64 Å². The third-order valence-electron chi connectivity index (χ3n) is 5.91. The molecule has 30 heavy (non-hydrogen) atoms. The third-order valence-corrected chi connectivity index (χ3v) is 7.82. The van der Waals surface area contributed by atoms with Gasteiger partial charge in [-0.2, -0.15) is 4.31 Å². The number of piperidine rings is 1. The second kappa shape index (κ2) is 9.89. The Bertz CT molecular complexity index is 837. The first kappa shape index (κ1) is 22.7. The molecule has 2 atom stereocenters. The van der Waals surface area contributed by atoms with Crippen LogP contribution in [0.3, 0.4) is 0 Å². The second-order valence-electron chi connectivity index (χ2n) is 7.80. The summed E-state index contributed by atoms with van der Waals surface area (Å²) in [4.78, 5) is 29.2. The summed E-state index contributed by atoms with van der Waals surface area (Å²) in [6.45, 7) is 6.60. The van der Waals surface area contributed by atoms with E-state index in [1.54, 1.807) is 42.2 Å². The van der Waals surface area contributed by atoms with E-state index in [-0.39, 0.29) is 41.8 Å². The molecule has 0 bridgehead atoms. The summed E-state index contributed by atoms with van der Waals surface area (Å²) in [5.74, 6) is -0.403. The molecular weight excluding hydrogens is 406 g/mol. The van der Waals surface area contributed by atoms with Crippen LogP contribution in [0.15, 0.2) is 35.2 Å². The predicted octanol–water partition coefficient (Wildman–Crippen LogP) is 1.18. The summed E-state index contributed by atoms with van der Waals surface area (Å²) < 4.78 is 32.1. The van der Waals surface area contributed by atoms with E-state index >= 15 is 0 Å². The standard InChI is InChI=1S/C21H31N3O5S/c1-3-29-21(26)18-8-7-11-23(16-18)17(2)20(25)22-12-14-24(15-13-22)30(27,28)19-9-5-4-6-10-19/h4-6,9-10,17-18H,3,7-8,11-16H2,1-2H3/t17-,18-/m0/s1. The summed E-state index contributed by atoms with van der Waals surface area (Å²) in [6, 6.07) is 8.02. The van der Waals surface area contributed by atoms with Crippen LogP contribution in [0.25, 0.3) is 0 Å². The number of amides is 1. The fraction of sp³-hybridized carbons (Fsp3) is 0.619. The average Bonchev–Trinajstić information content (AvgIpc) is 2.79. The van der Waals surface area contributed by atoms with Crippen molar-refractivity contribution in [3.63, 3.8) is 0 Å². The zero-order valence-electron chi connectivity index (χ0n) is 17.7. The zero-order valence-corrected chi connectivity index (χ0v) is 18.5. The van der Waals surface area contributed by atoms with E-state index in [9.17, 15) is 18.0 Å². The molecular formula is C21H31N3O5S. The van der Waals surface area contributed by atoms with E-state index in [0.717, 1.165) is 19.4 Å². The lowest BCUT2D eigenvalue weighted by atomic mass is 9.96. The number of carbonyl (C=O) groups is 2. The van der Waals surface area contributed by atoms with Gasteiger partial charge in [-0.1, -0.05) is 18.2 Å². The Hall–Kier alpha value is -1.97. The Morgan fingerprint density at radius 1 is 1.10 bits per heavy atom. The van der Waals surface area contributed by atoms with Crippen molar-refractivity contribution in [1.82, 2.24) is 14.1 Å². The van der Waals surface area contributed by atoms with Gasteiger partial charge in [-0.05, 0) is 45.4 Å². The molecule has 1 amide bonds. The summed E-state index contributed by atoms with van der Waals surface area (Å²) in [7, 11) is -3.54. The van der Waals surface area contributed by atoms with E-state index in [4.69, 9.17) is 4.74 Å². The van der Waals surface area contributed by atoms with Crippen LogP contribution in [0.2, 0.25) is 0 Å². The third kappa shape index (κ3) is 5.01. The Balaban J connectivity index is 1.56. The molecule has 3 rings (SSSR count). The van der Waals surface area contributed by atoms with Gasteiger partial charge in [0.25, 0.3) is 0 Å². The normalized spacial score (nSPS) is 22.5. The van der Waals surface area contributed by atoms with Gasteiger partial charge in [0.2, 0.25) is 15.9 Å². The van der Waals surface area contributed by atoms with Crippen molar-refractivity contribution in [3.8, 4) is 0 Å². The number of sulfonamides is 1. The lowest BCUT2D eigenvalue weighted by Crippen LogP contribution is -2.56. The first-order valence-electron chi connectivity index (χ1n) is 10.6. The van der Waals surface area contributed by atoms with Crippen LogP contribution in [0.1, 0.15) is 26.7 Å². The summed E-state index contributed by atoms with van der Waals surface area (Å²) in [6.07, 6.45) is 1.64. The highest BCUT2D eigenvalue weighted by atomic mass is 32.2. The number of ether oxygens (including phenoxy) is 1. The van der Waals surface area contributed by atoms with Gasteiger partial charge in [0.05, 0.1) is 23.5 Å². The molecule has 166 valence electrons. The smallest absolute Gasteiger partial charge is 0.310 e. The summed E-state index contributed by atoms with van der Waals surface area (Å²) in [5.41, 5.74) is 0. The van der Waals surface area contributed by atoms with Gasteiger partial charge in [-0.25, -0.2) is 8.42 Å². The van der Waals surface area contributed by atoms with Crippen LogP contribution in [-0.2, 0) is 24.3 Å². The molecule has 2 saturated heterocycles.